The Labute approximate surface area is 154 Å². The smallest absolute Gasteiger partial charge is 0.293 e. The molecule has 3 aromatic heterocycles. The lowest BCUT2D eigenvalue weighted by atomic mass is 9.86. The van der Waals surface area contributed by atoms with Gasteiger partial charge in [0.2, 0.25) is 5.91 Å². The van der Waals surface area contributed by atoms with Gasteiger partial charge >= 0.3 is 0 Å². The molecule has 1 N–H and O–H groups in total. The van der Waals surface area contributed by atoms with Crippen LogP contribution in [0.3, 0.4) is 0 Å². The summed E-state index contributed by atoms with van der Waals surface area (Å²) in [6, 6.07) is 5.83. The summed E-state index contributed by atoms with van der Waals surface area (Å²) in [5, 5.41) is 13.5. The molecule has 0 spiro atoms. The molecule has 0 bridgehead atoms. The van der Waals surface area contributed by atoms with E-state index in [0.717, 1.165) is 29.8 Å². The number of hydrogen-bond acceptors (Lipinski definition) is 5. The van der Waals surface area contributed by atoms with Gasteiger partial charge in [-0.05, 0) is 36.3 Å². The highest BCUT2D eigenvalue weighted by molar-refractivity contribution is 7.13. The number of carbonyl (C=O) groups excluding carboxylic acids is 1. The molecule has 7 nitrogen and oxygen atoms in total. The summed E-state index contributed by atoms with van der Waals surface area (Å²) in [6.45, 7) is 2.09. The van der Waals surface area contributed by atoms with Crippen LogP contribution in [0, 0.1) is 5.92 Å². The van der Waals surface area contributed by atoms with Crippen molar-refractivity contribution in [2.24, 2.45) is 5.92 Å². The van der Waals surface area contributed by atoms with Crippen molar-refractivity contribution in [1.29, 1.82) is 0 Å². The Hall–Kier alpha value is -2.48. The fraction of sp³-hybridized carbons (Fsp3) is 0.444. The third kappa shape index (κ3) is 3.29. The molecule has 0 unspecified atom stereocenters. The van der Waals surface area contributed by atoms with Crippen molar-refractivity contribution in [1.82, 2.24) is 24.7 Å². The highest BCUT2D eigenvalue weighted by Gasteiger charge is 2.23. The normalized spacial score (nSPS) is 20.3. The van der Waals surface area contributed by atoms with E-state index in [0.29, 0.717) is 11.4 Å². The predicted octanol–water partition coefficient (Wildman–Crippen LogP) is 2.31. The molecule has 0 radical (unpaired) electrons. The van der Waals surface area contributed by atoms with Crippen molar-refractivity contribution in [2.45, 2.75) is 45.2 Å². The van der Waals surface area contributed by atoms with Crippen LogP contribution >= 0.6 is 11.3 Å². The highest BCUT2D eigenvalue weighted by Crippen LogP contribution is 2.24. The molecule has 1 saturated carbocycles. The standard InChI is InChI=1S/C18H21N5O2S/c1-12-5-2-3-6-13(12)20-17(24)10-22-18(25)15-9-14(16-7-4-8-26-16)21-23(15)11-19-22/h4,7-9,11-13H,2-3,5-6,10H2,1H3,(H,20,24)/t12-,13+/m1/s1. The van der Waals surface area contributed by atoms with Crippen LogP contribution < -0.4 is 10.9 Å². The van der Waals surface area contributed by atoms with Crippen LogP contribution in [0.15, 0.2) is 34.7 Å². The average molecular weight is 371 g/mol. The molecule has 0 saturated heterocycles. The molecular weight excluding hydrogens is 350 g/mol. The van der Waals surface area contributed by atoms with Crippen molar-refractivity contribution in [3.63, 3.8) is 0 Å². The van der Waals surface area contributed by atoms with Crippen molar-refractivity contribution in [3.8, 4) is 10.6 Å². The lowest BCUT2D eigenvalue weighted by Crippen LogP contribution is -2.44. The predicted molar refractivity (Wildman–Crippen MR) is 100 cm³/mol. The summed E-state index contributed by atoms with van der Waals surface area (Å²) >= 11 is 1.56. The van der Waals surface area contributed by atoms with E-state index in [9.17, 15) is 9.59 Å². The van der Waals surface area contributed by atoms with E-state index >= 15 is 0 Å². The number of fused-ring (bicyclic) bond motifs is 1. The Bertz CT molecular complexity index is 975. The van der Waals surface area contributed by atoms with Gasteiger partial charge in [-0.3, -0.25) is 9.59 Å². The first-order chi connectivity index (χ1) is 12.6. The Balaban J connectivity index is 1.54. The van der Waals surface area contributed by atoms with Crippen LogP contribution in [-0.2, 0) is 11.3 Å². The second kappa shape index (κ2) is 7.03. The Morgan fingerprint density at radius 2 is 2.23 bits per heavy atom. The second-order valence-corrected chi connectivity index (χ2v) is 7.81. The average Bonchev–Trinajstić information content (AvgIpc) is 3.29. The molecular formula is C18H21N5O2S. The Morgan fingerprint density at radius 1 is 1.38 bits per heavy atom. The number of hydrogen-bond donors (Lipinski definition) is 1. The van der Waals surface area contributed by atoms with Crippen LogP contribution in [0.2, 0.25) is 0 Å². The minimum absolute atomic E-state index is 0.0714. The first-order valence-corrected chi connectivity index (χ1v) is 9.78. The maximum absolute atomic E-state index is 12.7. The van der Waals surface area contributed by atoms with Gasteiger partial charge in [0.25, 0.3) is 5.56 Å². The maximum Gasteiger partial charge on any atom is 0.293 e. The number of carbonyl (C=O) groups is 1. The molecule has 26 heavy (non-hydrogen) atoms. The van der Waals surface area contributed by atoms with E-state index in [2.05, 4.69) is 22.4 Å². The molecule has 3 aromatic rings. The molecule has 4 rings (SSSR count). The second-order valence-electron chi connectivity index (χ2n) is 6.87. The van der Waals surface area contributed by atoms with E-state index < -0.39 is 0 Å². The summed E-state index contributed by atoms with van der Waals surface area (Å²) in [5.74, 6) is 0.309. The van der Waals surface area contributed by atoms with Crippen molar-refractivity contribution in [3.05, 3.63) is 40.3 Å². The van der Waals surface area contributed by atoms with Gasteiger partial charge in [-0.2, -0.15) is 10.2 Å². The Morgan fingerprint density at radius 3 is 3.00 bits per heavy atom. The van der Waals surface area contributed by atoms with Crippen LogP contribution in [0.5, 0.6) is 0 Å². The van der Waals surface area contributed by atoms with Gasteiger partial charge in [0.05, 0.1) is 4.88 Å². The topological polar surface area (TPSA) is 81.3 Å². The summed E-state index contributed by atoms with van der Waals surface area (Å²) in [7, 11) is 0. The molecule has 0 aliphatic heterocycles. The SMILES string of the molecule is C[C@@H]1CCCC[C@@H]1NC(=O)Cn1ncn2nc(-c3cccs3)cc2c1=O. The van der Waals surface area contributed by atoms with Crippen molar-refractivity contribution >= 4 is 22.8 Å². The molecule has 1 aliphatic carbocycles. The lowest BCUT2D eigenvalue weighted by Gasteiger charge is -2.29. The third-order valence-electron chi connectivity index (χ3n) is 5.01. The number of aromatic nitrogens is 4. The zero-order valence-corrected chi connectivity index (χ0v) is 15.4. The summed E-state index contributed by atoms with van der Waals surface area (Å²) < 4.78 is 2.67. The first-order valence-electron chi connectivity index (χ1n) is 8.90. The van der Waals surface area contributed by atoms with E-state index in [1.165, 1.54) is 21.9 Å². The third-order valence-corrected chi connectivity index (χ3v) is 5.91. The molecule has 8 heteroatoms. The minimum Gasteiger partial charge on any atom is -0.351 e. The quantitative estimate of drug-likeness (QED) is 0.763. The summed E-state index contributed by atoms with van der Waals surface area (Å²) in [5.41, 5.74) is 0.842. The Kier molecular flexibility index (Phi) is 4.58. The van der Waals surface area contributed by atoms with E-state index in [-0.39, 0.29) is 24.1 Å². The lowest BCUT2D eigenvalue weighted by molar-refractivity contribution is -0.123. The number of nitrogens with zero attached hydrogens (tertiary/aromatic N) is 4. The molecule has 0 aromatic carbocycles. The van der Waals surface area contributed by atoms with Gasteiger partial charge in [0.1, 0.15) is 24.1 Å². The molecule has 1 fully saturated rings. The number of amides is 1. The van der Waals surface area contributed by atoms with Crippen molar-refractivity contribution in [2.75, 3.05) is 0 Å². The van der Waals surface area contributed by atoms with Gasteiger partial charge in [-0.15, -0.1) is 11.3 Å². The van der Waals surface area contributed by atoms with Gasteiger partial charge in [-0.1, -0.05) is 25.8 Å². The summed E-state index contributed by atoms with van der Waals surface area (Å²) in [6.07, 6.45) is 5.97. The minimum atomic E-state index is -0.311. The summed E-state index contributed by atoms with van der Waals surface area (Å²) in [4.78, 5) is 26.0. The van der Waals surface area contributed by atoms with Gasteiger partial charge in [0.15, 0.2) is 0 Å². The zero-order valence-electron chi connectivity index (χ0n) is 14.6. The molecule has 2 atom stereocenters. The van der Waals surface area contributed by atoms with Crippen LogP contribution in [0.25, 0.3) is 16.1 Å². The number of thiophene rings is 1. The van der Waals surface area contributed by atoms with E-state index in [4.69, 9.17) is 0 Å². The largest absolute Gasteiger partial charge is 0.351 e. The van der Waals surface area contributed by atoms with Gasteiger partial charge in [0, 0.05) is 6.04 Å². The van der Waals surface area contributed by atoms with Gasteiger partial charge in [-0.25, -0.2) is 9.20 Å². The van der Waals surface area contributed by atoms with E-state index in [1.54, 1.807) is 17.4 Å². The van der Waals surface area contributed by atoms with Crippen LogP contribution in [0.4, 0.5) is 0 Å². The highest BCUT2D eigenvalue weighted by atomic mass is 32.1. The van der Waals surface area contributed by atoms with Crippen molar-refractivity contribution < 1.29 is 4.79 Å². The number of rotatable bonds is 4. The molecule has 136 valence electrons. The first kappa shape index (κ1) is 17.0. The van der Waals surface area contributed by atoms with Gasteiger partial charge < -0.3 is 5.32 Å². The monoisotopic (exact) mass is 371 g/mol. The fourth-order valence-electron chi connectivity index (χ4n) is 3.51. The maximum atomic E-state index is 12.7. The number of nitrogens with one attached hydrogen (secondary N) is 1. The molecule has 1 amide bonds. The van der Waals surface area contributed by atoms with Crippen LogP contribution in [0.1, 0.15) is 32.6 Å². The van der Waals surface area contributed by atoms with Crippen LogP contribution in [-0.4, -0.2) is 31.3 Å². The molecule has 3 heterocycles. The van der Waals surface area contributed by atoms with E-state index in [1.807, 2.05) is 17.5 Å². The zero-order chi connectivity index (χ0) is 18.1. The molecule has 1 aliphatic rings. The fourth-order valence-corrected chi connectivity index (χ4v) is 4.20.